The molecule has 1 aliphatic heterocycles. The van der Waals surface area contributed by atoms with Gasteiger partial charge in [-0.25, -0.2) is 0 Å². The molecule has 1 atom stereocenters. The van der Waals surface area contributed by atoms with Gasteiger partial charge in [0.15, 0.2) is 5.78 Å². The molecule has 0 aromatic heterocycles. The molecule has 0 radical (unpaired) electrons. The summed E-state index contributed by atoms with van der Waals surface area (Å²) >= 11 is 0. The number of carbonyl (C=O) groups excluding carboxylic acids is 1. The largest absolute Gasteiger partial charge is 0.418 e. The molecular formula is C27H31F3N2O4. The van der Waals surface area contributed by atoms with Crippen LogP contribution in [0.15, 0.2) is 42.0 Å². The number of nitriles is 1. The summed E-state index contributed by atoms with van der Waals surface area (Å²) in [5.41, 5.74) is -1.79. The number of hydrogen-bond donors (Lipinski definition) is 1. The van der Waals surface area contributed by atoms with E-state index in [-0.39, 0.29) is 57.5 Å². The number of benzene rings is 2. The number of ketones is 1. The van der Waals surface area contributed by atoms with Crippen molar-refractivity contribution < 1.29 is 32.5 Å². The zero-order valence-electron chi connectivity index (χ0n) is 20.3. The Labute approximate surface area is 208 Å². The number of fused-ring (bicyclic) bond motifs is 1. The van der Waals surface area contributed by atoms with Crippen molar-refractivity contribution >= 4 is 27.8 Å². The molecule has 3 rings (SSSR count). The Morgan fingerprint density at radius 1 is 1.14 bits per heavy atom. The third-order valence-electron chi connectivity index (χ3n) is 6.23. The Morgan fingerprint density at radius 2 is 1.86 bits per heavy atom. The van der Waals surface area contributed by atoms with Gasteiger partial charge in [0.05, 0.1) is 37.7 Å². The van der Waals surface area contributed by atoms with Crippen molar-refractivity contribution in [3.8, 4) is 6.07 Å². The summed E-state index contributed by atoms with van der Waals surface area (Å²) in [4.78, 5) is 14.8. The molecule has 0 aliphatic carbocycles. The van der Waals surface area contributed by atoms with Crippen molar-refractivity contribution in [2.45, 2.75) is 44.8 Å². The van der Waals surface area contributed by atoms with E-state index in [0.29, 0.717) is 17.6 Å². The van der Waals surface area contributed by atoms with E-state index in [4.69, 9.17) is 14.6 Å². The number of ether oxygens (including phenoxy) is 2. The van der Waals surface area contributed by atoms with E-state index < -0.39 is 23.1 Å². The summed E-state index contributed by atoms with van der Waals surface area (Å²) in [6, 6.07) is 11.8. The highest BCUT2D eigenvalue weighted by atomic mass is 19.4. The quantitative estimate of drug-likeness (QED) is 0.248. The van der Waals surface area contributed by atoms with E-state index in [1.807, 2.05) is 24.0 Å². The molecule has 1 saturated heterocycles. The van der Waals surface area contributed by atoms with Crippen molar-refractivity contribution in [3.63, 3.8) is 0 Å². The number of aliphatic hydroxyl groups is 1. The van der Waals surface area contributed by atoms with E-state index in [0.717, 1.165) is 18.2 Å². The fourth-order valence-corrected chi connectivity index (χ4v) is 4.56. The monoisotopic (exact) mass is 504 g/mol. The lowest BCUT2D eigenvalue weighted by atomic mass is 9.91. The van der Waals surface area contributed by atoms with Crippen LogP contribution in [0.1, 0.15) is 38.2 Å². The Morgan fingerprint density at radius 3 is 2.50 bits per heavy atom. The first-order valence-electron chi connectivity index (χ1n) is 12.1. The molecule has 0 bridgehead atoms. The number of anilines is 1. The van der Waals surface area contributed by atoms with Gasteiger partial charge in [-0.15, -0.1) is 0 Å². The molecule has 2 aromatic carbocycles. The minimum Gasteiger partial charge on any atom is -0.394 e. The van der Waals surface area contributed by atoms with E-state index >= 15 is 0 Å². The van der Waals surface area contributed by atoms with Gasteiger partial charge < -0.3 is 19.5 Å². The van der Waals surface area contributed by atoms with Gasteiger partial charge in [0.25, 0.3) is 0 Å². The van der Waals surface area contributed by atoms with Crippen molar-refractivity contribution in [2.24, 2.45) is 0 Å². The minimum absolute atomic E-state index is 0.0313. The van der Waals surface area contributed by atoms with E-state index in [2.05, 4.69) is 0 Å². The van der Waals surface area contributed by atoms with Crippen molar-refractivity contribution in [2.75, 3.05) is 44.5 Å². The average molecular weight is 505 g/mol. The van der Waals surface area contributed by atoms with Crippen LogP contribution in [0.25, 0.3) is 16.3 Å². The average Bonchev–Trinajstić information content (AvgIpc) is 3.27. The van der Waals surface area contributed by atoms with Crippen molar-refractivity contribution in [1.29, 1.82) is 5.26 Å². The van der Waals surface area contributed by atoms with Crippen LogP contribution in [0, 0.1) is 11.3 Å². The molecule has 194 valence electrons. The van der Waals surface area contributed by atoms with Crippen LogP contribution < -0.4 is 4.90 Å². The Balaban J connectivity index is 1.95. The van der Waals surface area contributed by atoms with Gasteiger partial charge in [-0.05, 0) is 31.6 Å². The standard InChI is InChI=1S/C27H31F3N2O4/c1-19-6-4-12-32(19)26-21-8-3-2-7-20(21)10-11-22(26)25(27(28,29)30)23(18-31)24(34)9-5-14-35-16-17-36-15-13-33/h2-3,7-8,10-11,19,33H,4-6,9,12-17H2,1H3/b25-23-. The summed E-state index contributed by atoms with van der Waals surface area (Å²) < 4.78 is 53.9. The summed E-state index contributed by atoms with van der Waals surface area (Å²) in [5, 5.41) is 19.8. The second kappa shape index (κ2) is 12.9. The molecule has 1 fully saturated rings. The van der Waals surface area contributed by atoms with Crippen LogP contribution in [0.2, 0.25) is 0 Å². The number of allylic oxidation sites excluding steroid dienone is 2. The van der Waals surface area contributed by atoms with Crippen LogP contribution in [0.5, 0.6) is 0 Å². The Kier molecular flexibility index (Phi) is 9.88. The number of hydrogen-bond acceptors (Lipinski definition) is 6. The highest BCUT2D eigenvalue weighted by Gasteiger charge is 2.41. The van der Waals surface area contributed by atoms with Gasteiger partial charge in [-0.1, -0.05) is 36.4 Å². The predicted molar refractivity (Wildman–Crippen MR) is 132 cm³/mol. The first kappa shape index (κ1) is 27.7. The first-order chi connectivity index (χ1) is 17.3. The van der Waals surface area contributed by atoms with Crippen LogP contribution >= 0.6 is 0 Å². The van der Waals surface area contributed by atoms with E-state index in [1.54, 1.807) is 24.3 Å². The summed E-state index contributed by atoms with van der Waals surface area (Å²) in [6.07, 6.45) is -3.28. The second-order valence-corrected chi connectivity index (χ2v) is 8.70. The number of alkyl halides is 3. The molecule has 2 aromatic rings. The van der Waals surface area contributed by atoms with Crippen molar-refractivity contribution in [1.82, 2.24) is 0 Å². The number of aliphatic hydroxyl groups excluding tert-OH is 1. The van der Waals surface area contributed by atoms with E-state index in [9.17, 15) is 23.2 Å². The highest BCUT2D eigenvalue weighted by Crippen LogP contribution is 2.45. The lowest BCUT2D eigenvalue weighted by Crippen LogP contribution is -2.29. The second-order valence-electron chi connectivity index (χ2n) is 8.70. The topological polar surface area (TPSA) is 82.8 Å². The zero-order chi connectivity index (χ0) is 26.1. The summed E-state index contributed by atoms with van der Waals surface area (Å²) in [7, 11) is 0. The maximum Gasteiger partial charge on any atom is 0.418 e. The van der Waals surface area contributed by atoms with Gasteiger partial charge in [0.2, 0.25) is 0 Å². The molecule has 6 nitrogen and oxygen atoms in total. The van der Waals surface area contributed by atoms with Crippen LogP contribution in [0.3, 0.4) is 0 Å². The fourth-order valence-electron chi connectivity index (χ4n) is 4.56. The normalized spacial score (nSPS) is 16.8. The van der Waals surface area contributed by atoms with Gasteiger partial charge >= 0.3 is 6.18 Å². The SMILES string of the molecule is CC1CCCN1c1c(/C(=C(\C#N)C(=O)CCCOCCOCCO)C(F)(F)F)ccc2ccccc12. The molecule has 0 amide bonds. The van der Waals surface area contributed by atoms with Gasteiger partial charge in [0.1, 0.15) is 11.6 Å². The Bertz CT molecular complexity index is 1120. The lowest BCUT2D eigenvalue weighted by Gasteiger charge is -2.29. The predicted octanol–water partition coefficient (Wildman–Crippen LogP) is 5.04. The molecule has 1 aliphatic rings. The molecule has 0 saturated carbocycles. The molecule has 1 heterocycles. The number of nitrogens with zero attached hydrogens (tertiary/aromatic N) is 2. The first-order valence-corrected chi connectivity index (χ1v) is 12.1. The zero-order valence-corrected chi connectivity index (χ0v) is 20.3. The number of rotatable bonds is 12. The number of halogens is 3. The van der Waals surface area contributed by atoms with Crippen molar-refractivity contribution in [3.05, 3.63) is 47.5 Å². The Hall–Kier alpha value is -2.93. The molecule has 1 unspecified atom stereocenters. The molecule has 36 heavy (non-hydrogen) atoms. The van der Waals surface area contributed by atoms with Crippen LogP contribution in [-0.4, -0.2) is 62.7 Å². The lowest BCUT2D eigenvalue weighted by molar-refractivity contribution is -0.116. The maximum atomic E-state index is 14.5. The van der Waals surface area contributed by atoms with Crippen LogP contribution in [0.4, 0.5) is 18.9 Å². The van der Waals surface area contributed by atoms with Gasteiger partial charge in [-0.2, -0.15) is 18.4 Å². The minimum atomic E-state index is -4.90. The molecular weight excluding hydrogens is 473 g/mol. The third kappa shape index (κ3) is 6.64. The highest BCUT2D eigenvalue weighted by molar-refractivity contribution is 6.10. The van der Waals surface area contributed by atoms with Crippen LogP contribution in [-0.2, 0) is 14.3 Å². The fraction of sp³-hybridized carbons (Fsp3) is 0.481. The number of carbonyl (C=O) groups is 1. The summed E-state index contributed by atoms with van der Waals surface area (Å²) in [5.74, 6) is -0.862. The molecule has 1 N–H and O–H groups in total. The third-order valence-corrected chi connectivity index (χ3v) is 6.23. The maximum absolute atomic E-state index is 14.5. The summed E-state index contributed by atoms with van der Waals surface area (Å²) in [6.45, 7) is 3.29. The van der Waals surface area contributed by atoms with Gasteiger partial charge in [0, 0.05) is 36.6 Å². The molecule has 0 spiro atoms. The molecule has 9 heteroatoms. The number of Topliss-reactive ketones (excluding diaryl/α,β-unsaturated/α-hetero) is 1. The smallest absolute Gasteiger partial charge is 0.394 e. The van der Waals surface area contributed by atoms with Gasteiger partial charge in [-0.3, -0.25) is 4.79 Å². The van der Waals surface area contributed by atoms with E-state index in [1.165, 1.54) is 6.07 Å².